The largest absolute Gasteiger partial charge is 0.497 e. The standard InChI is InChI=1S/C21H23BrN2O4/c1-21(12-11-15-3-7-17(27-2)8-4-15)19(25)24(20(26)23-21)13-14-28-18-9-5-16(22)6-10-18/h3-10H,11-14H2,1-2H3,(H,23,26). The van der Waals surface area contributed by atoms with Gasteiger partial charge in [-0.25, -0.2) is 4.79 Å². The van der Waals surface area contributed by atoms with Gasteiger partial charge < -0.3 is 14.8 Å². The van der Waals surface area contributed by atoms with E-state index in [1.807, 2.05) is 48.5 Å². The van der Waals surface area contributed by atoms with E-state index in [0.717, 1.165) is 15.8 Å². The molecule has 0 bridgehead atoms. The average Bonchev–Trinajstić information content (AvgIpc) is 2.91. The first-order valence-corrected chi connectivity index (χ1v) is 9.86. The highest BCUT2D eigenvalue weighted by molar-refractivity contribution is 9.10. The lowest BCUT2D eigenvalue weighted by Crippen LogP contribution is -2.44. The molecule has 0 radical (unpaired) electrons. The Morgan fingerprint density at radius 3 is 2.32 bits per heavy atom. The van der Waals surface area contributed by atoms with Crippen LogP contribution in [-0.2, 0) is 11.2 Å². The second-order valence-electron chi connectivity index (χ2n) is 6.87. The Bertz CT molecular complexity index is 838. The number of halogens is 1. The molecular weight excluding hydrogens is 424 g/mol. The van der Waals surface area contributed by atoms with E-state index in [2.05, 4.69) is 21.2 Å². The molecule has 1 atom stereocenters. The molecule has 7 heteroatoms. The van der Waals surface area contributed by atoms with Gasteiger partial charge in [-0.05, 0) is 61.7 Å². The second-order valence-corrected chi connectivity index (χ2v) is 7.79. The third-order valence-corrected chi connectivity index (χ3v) is 5.34. The fourth-order valence-electron chi connectivity index (χ4n) is 3.09. The molecule has 1 aliphatic rings. The highest BCUT2D eigenvalue weighted by Crippen LogP contribution is 2.24. The van der Waals surface area contributed by atoms with E-state index in [1.54, 1.807) is 14.0 Å². The van der Waals surface area contributed by atoms with Crippen LogP contribution in [-0.4, -0.2) is 42.6 Å². The zero-order valence-electron chi connectivity index (χ0n) is 15.9. The van der Waals surface area contributed by atoms with Gasteiger partial charge in [0.15, 0.2) is 0 Å². The van der Waals surface area contributed by atoms with Gasteiger partial charge in [0, 0.05) is 4.47 Å². The SMILES string of the molecule is COc1ccc(CCC2(C)NC(=O)N(CCOc3ccc(Br)cc3)C2=O)cc1. The summed E-state index contributed by atoms with van der Waals surface area (Å²) in [6.45, 7) is 2.22. The van der Waals surface area contributed by atoms with Gasteiger partial charge >= 0.3 is 6.03 Å². The van der Waals surface area contributed by atoms with Crippen molar-refractivity contribution >= 4 is 27.9 Å². The summed E-state index contributed by atoms with van der Waals surface area (Å²) in [7, 11) is 1.62. The van der Waals surface area contributed by atoms with Gasteiger partial charge in [0.1, 0.15) is 23.6 Å². The van der Waals surface area contributed by atoms with Crippen molar-refractivity contribution in [1.29, 1.82) is 0 Å². The molecule has 1 aliphatic heterocycles. The summed E-state index contributed by atoms with van der Waals surface area (Å²) < 4.78 is 11.7. The Kier molecular flexibility index (Phi) is 6.24. The molecule has 0 saturated carbocycles. The summed E-state index contributed by atoms with van der Waals surface area (Å²) in [6.07, 6.45) is 1.20. The lowest BCUT2D eigenvalue weighted by Gasteiger charge is -2.21. The molecule has 148 valence electrons. The van der Waals surface area contributed by atoms with Crippen LogP contribution in [0.1, 0.15) is 18.9 Å². The van der Waals surface area contributed by atoms with E-state index in [0.29, 0.717) is 18.6 Å². The number of hydrogen-bond acceptors (Lipinski definition) is 4. The third kappa shape index (κ3) is 4.65. The minimum absolute atomic E-state index is 0.207. The number of methoxy groups -OCH3 is 1. The minimum Gasteiger partial charge on any atom is -0.497 e. The molecule has 1 saturated heterocycles. The number of carbonyl (C=O) groups excluding carboxylic acids is 2. The third-order valence-electron chi connectivity index (χ3n) is 4.82. The molecule has 1 unspecified atom stereocenters. The number of rotatable bonds is 8. The number of nitrogens with one attached hydrogen (secondary N) is 1. The molecule has 2 aromatic rings. The van der Waals surface area contributed by atoms with Gasteiger partial charge in [-0.15, -0.1) is 0 Å². The quantitative estimate of drug-likeness (QED) is 0.626. The van der Waals surface area contributed by atoms with Crippen LogP contribution in [0.5, 0.6) is 11.5 Å². The van der Waals surface area contributed by atoms with Crippen molar-refractivity contribution in [2.75, 3.05) is 20.3 Å². The van der Waals surface area contributed by atoms with E-state index >= 15 is 0 Å². The van der Waals surface area contributed by atoms with E-state index in [-0.39, 0.29) is 25.1 Å². The summed E-state index contributed by atoms with van der Waals surface area (Å²) in [5, 5.41) is 2.83. The normalized spacial score (nSPS) is 18.9. The lowest BCUT2D eigenvalue weighted by atomic mass is 9.93. The van der Waals surface area contributed by atoms with E-state index in [9.17, 15) is 9.59 Å². The van der Waals surface area contributed by atoms with Crippen LogP contribution in [0, 0.1) is 0 Å². The maximum Gasteiger partial charge on any atom is 0.325 e. The number of urea groups is 1. The molecule has 6 nitrogen and oxygen atoms in total. The van der Waals surface area contributed by atoms with Crippen LogP contribution >= 0.6 is 15.9 Å². The maximum absolute atomic E-state index is 12.8. The number of hydrogen-bond donors (Lipinski definition) is 1. The molecular formula is C21H23BrN2O4. The smallest absolute Gasteiger partial charge is 0.325 e. The van der Waals surface area contributed by atoms with Crippen LogP contribution in [0.3, 0.4) is 0 Å². The average molecular weight is 447 g/mol. The van der Waals surface area contributed by atoms with E-state index in [1.165, 1.54) is 4.90 Å². The Balaban J connectivity index is 1.54. The Morgan fingerprint density at radius 2 is 1.68 bits per heavy atom. The van der Waals surface area contributed by atoms with Crippen LogP contribution < -0.4 is 14.8 Å². The molecule has 0 spiro atoms. The number of aryl methyl sites for hydroxylation is 1. The van der Waals surface area contributed by atoms with Crippen LogP contribution in [0.2, 0.25) is 0 Å². The Labute approximate surface area is 172 Å². The first-order chi connectivity index (χ1) is 13.4. The maximum atomic E-state index is 12.8. The highest BCUT2D eigenvalue weighted by Gasteiger charge is 2.47. The topological polar surface area (TPSA) is 67.9 Å². The number of nitrogens with zero attached hydrogens (tertiary/aromatic N) is 1. The summed E-state index contributed by atoms with van der Waals surface area (Å²) in [5.74, 6) is 1.26. The summed E-state index contributed by atoms with van der Waals surface area (Å²) >= 11 is 3.37. The van der Waals surface area contributed by atoms with Gasteiger partial charge in [-0.2, -0.15) is 0 Å². The first-order valence-electron chi connectivity index (χ1n) is 9.07. The molecule has 0 aromatic heterocycles. The fraction of sp³-hybridized carbons (Fsp3) is 0.333. The van der Waals surface area contributed by atoms with Gasteiger partial charge in [-0.3, -0.25) is 9.69 Å². The number of ether oxygens (including phenoxy) is 2. The van der Waals surface area contributed by atoms with Crippen molar-refractivity contribution in [3.63, 3.8) is 0 Å². The van der Waals surface area contributed by atoms with Gasteiger partial charge in [0.2, 0.25) is 0 Å². The van der Waals surface area contributed by atoms with Gasteiger partial charge in [0.25, 0.3) is 5.91 Å². The predicted molar refractivity (Wildman–Crippen MR) is 110 cm³/mol. The summed E-state index contributed by atoms with van der Waals surface area (Å²) in [5.41, 5.74) is 0.176. The highest BCUT2D eigenvalue weighted by atomic mass is 79.9. The van der Waals surface area contributed by atoms with Crippen molar-refractivity contribution < 1.29 is 19.1 Å². The van der Waals surface area contributed by atoms with Gasteiger partial charge in [0.05, 0.1) is 13.7 Å². The second kappa shape index (κ2) is 8.65. The Hall–Kier alpha value is -2.54. The van der Waals surface area contributed by atoms with Crippen LogP contribution in [0.4, 0.5) is 4.79 Å². The van der Waals surface area contributed by atoms with Crippen molar-refractivity contribution in [2.45, 2.75) is 25.3 Å². The monoisotopic (exact) mass is 446 g/mol. The zero-order valence-corrected chi connectivity index (χ0v) is 17.5. The predicted octanol–water partition coefficient (Wildman–Crippen LogP) is 3.78. The molecule has 28 heavy (non-hydrogen) atoms. The first kappa shape index (κ1) is 20.2. The number of benzene rings is 2. The van der Waals surface area contributed by atoms with Gasteiger partial charge in [-0.1, -0.05) is 28.1 Å². The van der Waals surface area contributed by atoms with Crippen molar-refractivity contribution in [3.8, 4) is 11.5 Å². The molecule has 0 aliphatic carbocycles. The number of carbonyl (C=O) groups is 2. The molecule has 1 heterocycles. The molecule has 1 N–H and O–H groups in total. The van der Waals surface area contributed by atoms with E-state index < -0.39 is 5.54 Å². The van der Waals surface area contributed by atoms with Crippen LogP contribution in [0.25, 0.3) is 0 Å². The van der Waals surface area contributed by atoms with Crippen LogP contribution in [0.15, 0.2) is 53.0 Å². The lowest BCUT2D eigenvalue weighted by molar-refractivity contribution is -0.131. The molecule has 2 aromatic carbocycles. The number of imide groups is 1. The molecule has 1 fully saturated rings. The minimum atomic E-state index is -0.908. The fourth-order valence-corrected chi connectivity index (χ4v) is 3.36. The molecule has 3 rings (SSSR count). The van der Waals surface area contributed by atoms with Crippen molar-refractivity contribution in [2.24, 2.45) is 0 Å². The molecule has 3 amide bonds. The summed E-state index contributed by atoms with van der Waals surface area (Å²) in [6, 6.07) is 14.7. The summed E-state index contributed by atoms with van der Waals surface area (Å²) in [4.78, 5) is 26.3. The van der Waals surface area contributed by atoms with E-state index in [4.69, 9.17) is 9.47 Å². The Morgan fingerprint density at radius 1 is 1.04 bits per heavy atom. The van der Waals surface area contributed by atoms with Crippen molar-refractivity contribution in [1.82, 2.24) is 10.2 Å². The zero-order chi connectivity index (χ0) is 20.1. The number of amides is 3. The van der Waals surface area contributed by atoms with Crippen molar-refractivity contribution in [3.05, 3.63) is 58.6 Å².